The fourth-order valence-corrected chi connectivity index (χ4v) is 2.69. The van der Waals surface area contributed by atoms with E-state index in [1.165, 1.54) is 0 Å². The Morgan fingerprint density at radius 1 is 1.00 bits per heavy atom. The summed E-state index contributed by atoms with van der Waals surface area (Å²) < 4.78 is 15.9. The molecule has 2 aromatic carbocycles. The number of hydrogen-bond acceptors (Lipinski definition) is 4. The maximum Gasteiger partial charge on any atom is 0.220 e. The number of ether oxygens (including phenoxy) is 3. The van der Waals surface area contributed by atoms with Crippen molar-refractivity contribution >= 4 is 17.5 Å². The largest absolute Gasteiger partial charge is 0.493 e. The standard InChI is InChI=1S/C19H22ClNO4/c1-23-16-10-14(11-17(24-2)19(16)25-3)12-21-18(22)8-7-13-5-4-6-15(20)9-13/h4-6,9-11H,7-8,12H2,1-3H3,(H,21,22). The molecule has 0 fully saturated rings. The molecule has 2 aromatic rings. The number of hydrogen-bond donors (Lipinski definition) is 1. The molecule has 0 aliphatic carbocycles. The van der Waals surface area contributed by atoms with E-state index in [1.54, 1.807) is 21.3 Å². The fourth-order valence-electron chi connectivity index (χ4n) is 2.48. The van der Waals surface area contributed by atoms with Crippen LogP contribution in [0.4, 0.5) is 0 Å². The maximum absolute atomic E-state index is 12.1. The van der Waals surface area contributed by atoms with Crippen LogP contribution in [-0.2, 0) is 17.8 Å². The summed E-state index contributed by atoms with van der Waals surface area (Å²) in [6.07, 6.45) is 1.03. The quantitative estimate of drug-likeness (QED) is 0.778. The second-order valence-corrected chi connectivity index (χ2v) is 5.88. The highest BCUT2D eigenvalue weighted by Gasteiger charge is 2.13. The monoisotopic (exact) mass is 363 g/mol. The summed E-state index contributed by atoms with van der Waals surface area (Å²) in [4.78, 5) is 12.1. The SMILES string of the molecule is COc1cc(CNC(=O)CCc2cccc(Cl)c2)cc(OC)c1OC. The number of rotatable bonds is 8. The van der Waals surface area contributed by atoms with E-state index in [4.69, 9.17) is 25.8 Å². The molecule has 1 N–H and O–H groups in total. The molecule has 0 aliphatic heterocycles. The van der Waals surface area contributed by atoms with E-state index < -0.39 is 0 Å². The first-order valence-corrected chi connectivity index (χ1v) is 8.25. The van der Waals surface area contributed by atoms with Crippen molar-refractivity contribution in [3.05, 3.63) is 52.5 Å². The zero-order valence-corrected chi connectivity index (χ0v) is 15.4. The Bertz CT molecular complexity index is 708. The fraction of sp³-hybridized carbons (Fsp3) is 0.316. The van der Waals surface area contributed by atoms with Gasteiger partial charge in [-0.2, -0.15) is 0 Å². The van der Waals surface area contributed by atoms with E-state index in [2.05, 4.69) is 5.32 Å². The van der Waals surface area contributed by atoms with Crippen LogP contribution < -0.4 is 19.5 Å². The molecule has 1 amide bonds. The van der Waals surface area contributed by atoms with Crippen molar-refractivity contribution in [3.63, 3.8) is 0 Å². The van der Waals surface area contributed by atoms with Crippen molar-refractivity contribution < 1.29 is 19.0 Å². The van der Waals surface area contributed by atoms with Gasteiger partial charge in [-0.05, 0) is 41.8 Å². The van der Waals surface area contributed by atoms with Crippen LogP contribution in [0.15, 0.2) is 36.4 Å². The first kappa shape index (κ1) is 18.9. The van der Waals surface area contributed by atoms with E-state index in [9.17, 15) is 4.79 Å². The number of halogens is 1. The van der Waals surface area contributed by atoms with Gasteiger partial charge in [0.05, 0.1) is 21.3 Å². The third-order valence-electron chi connectivity index (χ3n) is 3.74. The molecule has 0 radical (unpaired) electrons. The number of benzene rings is 2. The zero-order valence-electron chi connectivity index (χ0n) is 14.6. The van der Waals surface area contributed by atoms with Crippen LogP contribution in [0.5, 0.6) is 17.2 Å². The van der Waals surface area contributed by atoms with Crippen molar-refractivity contribution in [1.29, 1.82) is 0 Å². The Hall–Kier alpha value is -2.40. The summed E-state index contributed by atoms with van der Waals surface area (Å²) in [5, 5.41) is 3.58. The molecule has 0 aliphatic rings. The van der Waals surface area contributed by atoms with Gasteiger partial charge in [0.25, 0.3) is 0 Å². The van der Waals surface area contributed by atoms with Gasteiger partial charge in [0.15, 0.2) is 11.5 Å². The summed E-state index contributed by atoms with van der Waals surface area (Å²) >= 11 is 5.95. The topological polar surface area (TPSA) is 56.8 Å². The lowest BCUT2D eigenvalue weighted by Crippen LogP contribution is -2.23. The van der Waals surface area contributed by atoms with Crippen LogP contribution >= 0.6 is 11.6 Å². The highest BCUT2D eigenvalue weighted by molar-refractivity contribution is 6.30. The minimum Gasteiger partial charge on any atom is -0.493 e. The average molecular weight is 364 g/mol. The number of nitrogens with one attached hydrogen (secondary N) is 1. The molecular weight excluding hydrogens is 342 g/mol. The minimum absolute atomic E-state index is 0.0336. The molecule has 134 valence electrons. The molecule has 0 aromatic heterocycles. The summed E-state index contributed by atoms with van der Waals surface area (Å²) in [7, 11) is 4.67. The third-order valence-corrected chi connectivity index (χ3v) is 3.98. The Labute approximate surface area is 152 Å². The molecule has 0 heterocycles. The number of amides is 1. The minimum atomic E-state index is -0.0336. The number of aryl methyl sites for hydroxylation is 1. The van der Waals surface area contributed by atoms with Gasteiger partial charge in [-0.25, -0.2) is 0 Å². The molecule has 0 spiro atoms. The van der Waals surface area contributed by atoms with Crippen molar-refractivity contribution in [2.75, 3.05) is 21.3 Å². The van der Waals surface area contributed by atoms with Crippen molar-refractivity contribution in [3.8, 4) is 17.2 Å². The van der Waals surface area contributed by atoms with Crippen molar-refractivity contribution in [1.82, 2.24) is 5.32 Å². The molecule has 0 atom stereocenters. The van der Waals surface area contributed by atoms with E-state index in [0.717, 1.165) is 11.1 Å². The van der Waals surface area contributed by atoms with Gasteiger partial charge in [-0.15, -0.1) is 0 Å². The first-order valence-electron chi connectivity index (χ1n) is 7.87. The Morgan fingerprint density at radius 2 is 1.68 bits per heavy atom. The van der Waals surface area contributed by atoms with Crippen LogP contribution in [0.1, 0.15) is 17.5 Å². The molecule has 0 bridgehead atoms. The summed E-state index contributed by atoms with van der Waals surface area (Å²) in [6.45, 7) is 0.380. The van der Waals surface area contributed by atoms with Crippen molar-refractivity contribution in [2.24, 2.45) is 0 Å². The van der Waals surface area contributed by atoms with E-state index in [-0.39, 0.29) is 5.91 Å². The number of carbonyl (C=O) groups is 1. The predicted octanol–water partition coefficient (Wildman–Crippen LogP) is 3.61. The van der Waals surface area contributed by atoms with Crippen LogP contribution in [0.2, 0.25) is 5.02 Å². The molecule has 0 saturated carbocycles. The highest BCUT2D eigenvalue weighted by Crippen LogP contribution is 2.38. The number of methoxy groups -OCH3 is 3. The van der Waals surface area contributed by atoms with Gasteiger partial charge in [-0.1, -0.05) is 23.7 Å². The first-order chi connectivity index (χ1) is 12.1. The Morgan fingerprint density at radius 3 is 2.24 bits per heavy atom. The Balaban J connectivity index is 1.95. The number of carbonyl (C=O) groups excluding carboxylic acids is 1. The second-order valence-electron chi connectivity index (χ2n) is 5.44. The highest BCUT2D eigenvalue weighted by atomic mass is 35.5. The molecule has 0 unspecified atom stereocenters. The zero-order chi connectivity index (χ0) is 18.2. The average Bonchev–Trinajstić information content (AvgIpc) is 2.63. The smallest absolute Gasteiger partial charge is 0.220 e. The maximum atomic E-state index is 12.1. The summed E-state index contributed by atoms with van der Waals surface area (Å²) in [5.74, 6) is 1.62. The van der Waals surface area contributed by atoms with Crippen molar-refractivity contribution in [2.45, 2.75) is 19.4 Å². The van der Waals surface area contributed by atoms with Crippen LogP contribution in [0.3, 0.4) is 0 Å². The molecule has 0 saturated heterocycles. The van der Waals surface area contributed by atoms with Crippen LogP contribution in [-0.4, -0.2) is 27.2 Å². The third kappa shape index (κ3) is 5.29. The molecular formula is C19H22ClNO4. The summed E-state index contributed by atoms with van der Waals surface area (Å²) in [6, 6.07) is 11.2. The molecule has 5 nitrogen and oxygen atoms in total. The van der Waals surface area contributed by atoms with Gasteiger partial charge in [0, 0.05) is 18.0 Å². The van der Waals surface area contributed by atoms with E-state index in [1.807, 2.05) is 36.4 Å². The molecule has 6 heteroatoms. The molecule has 2 rings (SSSR count). The lowest BCUT2D eigenvalue weighted by Gasteiger charge is -2.14. The van der Waals surface area contributed by atoms with E-state index in [0.29, 0.717) is 41.7 Å². The van der Waals surface area contributed by atoms with Gasteiger partial charge < -0.3 is 19.5 Å². The van der Waals surface area contributed by atoms with Gasteiger partial charge >= 0.3 is 0 Å². The van der Waals surface area contributed by atoms with Crippen LogP contribution in [0, 0.1) is 0 Å². The van der Waals surface area contributed by atoms with Gasteiger partial charge in [0.1, 0.15) is 0 Å². The van der Waals surface area contributed by atoms with Gasteiger partial charge in [0.2, 0.25) is 11.7 Å². The lowest BCUT2D eigenvalue weighted by molar-refractivity contribution is -0.121. The lowest BCUT2D eigenvalue weighted by atomic mass is 10.1. The Kier molecular flexibility index (Phi) is 6.95. The second kappa shape index (κ2) is 9.18. The summed E-state index contributed by atoms with van der Waals surface area (Å²) in [5.41, 5.74) is 1.90. The molecule has 25 heavy (non-hydrogen) atoms. The van der Waals surface area contributed by atoms with Crippen LogP contribution in [0.25, 0.3) is 0 Å². The normalized spacial score (nSPS) is 10.2. The van der Waals surface area contributed by atoms with Gasteiger partial charge in [-0.3, -0.25) is 4.79 Å². The predicted molar refractivity (Wildman–Crippen MR) is 97.7 cm³/mol. The van der Waals surface area contributed by atoms with E-state index >= 15 is 0 Å².